The number of allylic oxidation sites excluding steroid dienone is 4. The second kappa shape index (κ2) is 8.71. The normalized spacial score (nSPS) is 14.8. The Morgan fingerprint density at radius 3 is 0.939 bits per heavy atom. The molecule has 0 atom stereocenters. The van der Waals surface area contributed by atoms with Crippen LogP contribution in [0.3, 0.4) is 0 Å². The van der Waals surface area contributed by atoms with E-state index in [1.54, 1.807) is 0 Å². The molecule has 0 heteroatoms. The fraction of sp³-hybridized carbons (Fsp3) is 0.152. The molecule has 0 unspecified atom stereocenters. The highest BCUT2D eigenvalue weighted by molar-refractivity contribution is 6.28. The van der Waals surface area contributed by atoms with Crippen molar-refractivity contribution in [3.8, 4) is 0 Å². The Morgan fingerprint density at radius 1 is 0.394 bits per heavy atom. The highest BCUT2D eigenvalue weighted by atomic mass is 14.4. The highest BCUT2D eigenvalue weighted by Gasteiger charge is 2.42. The fourth-order valence-electron chi connectivity index (χ4n) is 5.24. The minimum absolute atomic E-state index is 0.0346. The van der Waals surface area contributed by atoms with Gasteiger partial charge in [-0.05, 0) is 50.0 Å². The van der Waals surface area contributed by atoms with Crippen molar-refractivity contribution in [3.05, 3.63) is 144 Å². The Labute approximate surface area is 198 Å². The van der Waals surface area contributed by atoms with Crippen LogP contribution in [0, 0.1) is 11.3 Å². The minimum atomic E-state index is 0.0346. The molecule has 33 heavy (non-hydrogen) atoms. The zero-order valence-corrected chi connectivity index (χ0v) is 19.6. The van der Waals surface area contributed by atoms with Gasteiger partial charge in [-0.15, -0.1) is 0 Å². The summed E-state index contributed by atoms with van der Waals surface area (Å²) in [6.45, 7) is 7.13. The summed E-state index contributed by atoms with van der Waals surface area (Å²) < 4.78 is 0. The first-order chi connectivity index (χ1) is 16.1. The largest absolute Gasteiger partial charge is 0.0622 e. The fourth-order valence-corrected chi connectivity index (χ4v) is 5.24. The van der Waals surface area contributed by atoms with Crippen LogP contribution in [-0.4, -0.2) is 0 Å². The van der Waals surface area contributed by atoms with Gasteiger partial charge in [-0.2, -0.15) is 0 Å². The molecule has 1 aliphatic carbocycles. The molecule has 0 nitrogen and oxygen atoms in total. The summed E-state index contributed by atoms with van der Waals surface area (Å²) in [6, 6.07) is 43.8. The molecule has 1 aliphatic rings. The topological polar surface area (TPSA) is 0 Å². The molecule has 0 aliphatic heterocycles. The van der Waals surface area contributed by atoms with Gasteiger partial charge < -0.3 is 0 Å². The molecule has 0 radical (unpaired) electrons. The van der Waals surface area contributed by atoms with Crippen molar-refractivity contribution in [1.82, 2.24) is 0 Å². The molecule has 0 bridgehead atoms. The van der Waals surface area contributed by atoms with Crippen LogP contribution in [-0.2, 0) is 0 Å². The van der Waals surface area contributed by atoms with Crippen molar-refractivity contribution >= 4 is 22.3 Å². The van der Waals surface area contributed by atoms with Gasteiger partial charge in [0.1, 0.15) is 0 Å². The van der Waals surface area contributed by atoms with E-state index in [9.17, 15) is 0 Å². The Hall–Kier alpha value is -3.64. The molecule has 0 saturated heterocycles. The number of hydrogen-bond donors (Lipinski definition) is 0. The van der Waals surface area contributed by atoms with Gasteiger partial charge in [0.2, 0.25) is 0 Å². The molecule has 4 aromatic rings. The van der Waals surface area contributed by atoms with Crippen LogP contribution in [0.25, 0.3) is 22.3 Å². The average molecular weight is 427 g/mol. The van der Waals surface area contributed by atoms with Gasteiger partial charge in [0.15, 0.2) is 0 Å². The molecule has 0 spiro atoms. The van der Waals surface area contributed by atoms with Gasteiger partial charge in [0.05, 0.1) is 0 Å². The maximum absolute atomic E-state index is 2.38. The lowest BCUT2D eigenvalue weighted by molar-refractivity contribution is 0.363. The maximum atomic E-state index is 2.38. The Bertz CT molecular complexity index is 1190. The van der Waals surface area contributed by atoms with Crippen LogP contribution < -0.4 is 0 Å². The minimum Gasteiger partial charge on any atom is -0.0622 e. The maximum Gasteiger partial charge on any atom is 0.0162 e. The van der Waals surface area contributed by atoms with Crippen LogP contribution in [0.15, 0.2) is 121 Å². The smallest absolute Gasteiger partial charge is 0.0162 e. The van der Waals surface area contributed by atoms with Gasteiger partial charge in [-0.25, -0.2) is 0 Å². The van der Waals surface area contributed by atoms with E-state index in [1.807, 2.05) is 0 Å². The third-order valence-corrected chi connectivity index (χ3v) is 6.53. The summed E-state index contributed by atoms with van der Waals surface area (Å²) in [4.78, 5) is 0. The summed E-state index contributed by atoms with van der Waals surface area (Å²) in [7, 11) is 0. The first-order valence-electron chi connectivity index (χ1n) is 11.8. The van der Waals surface area contributed by atoms with Gasteiger partial charge in [-0.3, -0.25) is 0 Å². The second-order valence-electron chi connectivity index (χ2n) is 9.84. The van der Waals surface area contributed by atoms with E-state index in [-0.39, 0.29) is 11.3 Å². The molecule has 0 amide bonds. The average Bonchev–Trinajstić information content (AvgIpc) is 3.23. The molecule has 162 valence electrons. The van der Waals surface area contributed by atoms with Gasteiger partial charge in [0, 0.05) is 5.92 Å². The van der Waals surface area contributed by atoms with Crippen LogP contribution >= 0.6 is 0 Å². The van der Waals surface area contributed by atoms with Crippen molar-refractivity contribution in [3.63, 3.8) is 0 Å². The molecule has 0 aromatic heterocycles. The summed E-state index contributed by atoms with van der Waals surface area (Å²) in [6.07, 6.45) is 0. The lowest BCUT2D eigenvalue weighted by Crippen LogP contribution is -2.22. The van der Waals surface area contributed by atoms with Crippen molar-refractivity contribution < 1.29 is 0 Å². The first-order valence-corrected chi connectivity index (χ1v) is 11.8. The molecule has 0 N–H and O–H groups in total. The summed E-state index contributed by atoms with van der Waals surface area (Å²) in [5.41, 5.74) is 10.7. The number of rotatable bonds is 4. The van der Waals surface area contributed by atoms with E-state index < -0.39 is 0 Å². The van der Waals surface area contributed by atoms with Crippen molar-refractivity contribution in [1.29, 1.82) is 0 Å². The Kier molecular flexibility index (Phi) is 5.60. The van der Waals surface area contributed by atoms with Crippen molar-refractivity contribution in [2.45, 2.75) is 20.8 Å². The lowest BCUT2D eigenvalue weighted by Gasteiger charge is -2.33. The second-order valence-corrected chi connectivity index (χ2v) is 9.84. The predicted octanol–water partition coefficient (Wildman–Crippen LogP) is 8.88. The van der Waals surface area contributed by atoms with Crippen LogP contribution in [0.4, 0.5) is 0 Å². The van der Waals surface area contributed by atoms with Gasteiger partial charge in [-0.1, -0.05) is 142 Å². The number of hydrogen-bond acceptors (Lipinski definition) is 0. The first kappa shape index (κ1) is 21.2. The summed E-state index contributed by atoms with van der Waals surface area (Å²) >= 11 is 0. The molecule has 0 heterocycles. The highest BCUT2D eigenvalue weighted by Crippen LogP contribution is 2.59. The van der Waals surface area contributed by atoms with Crippen molar-refractivity contribution in [2.75, 3.05) is 0 Å². The monoisotopic (exact) mass is 426 g/mol. The number of benzene rings is 4. The zero-order valence-electron chi connectivity index (χ0n) is 19.6. The lowest BCUT2D eigenvalue weighted by atomic mass is 9.70. The summed E-state index contributed by atoms with van der Waals surface area (Å²) in [5.74, 6) is 0.257. The molecule has 4 aromatic carbocycles. The van der Waals surface area contributed by atoms with Crippen LogP contribution in [0.5, 0.6) is 0 Å². The predicted molar refractivity (Wildman–Crippen MR) is 142 cm³/mol. The van der Waals surface area contributed by atoms with Crippen LogP contribution in [0.2, 0.25) is 0 Å². The third kappa shape index (κ3) is 3.98. The summed E-state index contributed by atoms with van der Waals surface area (Å²) in [5, 5.41) is 0. The molecule has 0 fully saturated rings. The van der Waals surface area contributed by atoms with Gasteiger partial charge in [0.25, 0.3) is 0 Å². The quantitative estimate of drug-likeness (QED) is 0.306. The van der Waals surface area contributed by atoms with E-state index in [1.165, 1.54) is 44.5 Å². The Morgan fingerprint density at radius 2 is 0.667 bits per heavy atom. The van der Waals surface area contributed by atoms with E-state index in [0.29, 0.717) is 0 Å². The van der Waals surface area contributed by atoms with Crippen molar-refractivity contribution in [2.24, 2.45) is 11.3 Å². The molecule has 5 rings (SSSR count). The zero-order chi connectivity index (χ0) is 22.8. The van der Waals surface area contributed by atoms with E-state index in [4.69, 9.17) is 0 Å². The van der Waals surface area contributed by atoms with E-state index >= 15 is 0 Å². The van der Waals surface area contributed by atoms with E-state index in [0.717, 1.165) is 0 Å². The molecule has 0 saturated carbocycles. The molecular weight excluding hydrogens is 396 g/mol. The van der Waals surface area contributed by atoms with E-state index in [2.05, 4.69) is 142 Å². The van der Waals surface area contributed by atoms with Crippen LogP contribution in [0.1, 0.15) is 43.0 Å². The SMILES string of the molecule is CC(C)(C)C1C(c2ccccc2)=C(c2ccccc2)C(c2ccccc2)=C1c1ccccc1. The molecular formula is C33H30. The van der Waals surface area contributed by atoms with Gasteiger partial charge >= 0.3 is 0 Å². The third-order valence-electron chi connectivity index (χ3n) is 6.53. The Balaban J connectivity index is 1.94. The standard InChI is InChI=1S/C33H30/c1-33(2,3)32-30(26-20-12-6-13-21-26)28(24-16-8-4-9-17-24)29(25-18-10-5-11-19-25)31(32)27-22-14-7-15-23-27/h4-23,32H,1-3H3.